The monoisotopic (exact) mass is 284 g/mol. The molecule has 0 saturated carbocycles. The second-order valence-corrected chi connectivity index (χ2v) is 3.90. The lowest BCUT2D eigenvalue weighted by Gasteiger charge is -1.95. The van der Waals surface area contributed by atoms with Gasteiger partial charge >= 0.3 is 5.97 Å². The molecule has 3 nitrogen and oxygen atoms in total. The van der Waals surface area contributed by atoms with Gasteiger partial charge in [-0.25, -0.2) is 4.79 Å². The molecule has 0 fully saturated rings. The van der Waals surface area contributed by atoms with Gasteiger partial charge in [-0.3, -0.25) is 0 Å². The van der Waals surface area contributed by atoms with Gasteiger partial charge in [-0.1, -0.05) is 6.08 Å². The van der Waals surface area contributed by atoms with Crippen LogP contribution >= 0.6 is 15.9 Å². The van der Waals surface area contributed by atoms with E-state index in [9.17, 15) is 4.79 Å². The molecular weight excluding hydrogens is 272 g/mol. The highest BCUT2D eigenvalue weighted by Gasteiger charge is 1.96. The molecule has 4 heteroatoms. The van der Waals surface area contributed by atoms with Gasteiger partial charge < -0.3 is 9.15 Å². The summed E-state index contributed by atoms with van der Waals surface area (Å²) in [5.74, 6) is 0.397. The Bertz CT molecular complexity index is 416. The van der Waals surface area contributed by atoms with Crippen LogP contribution in [0.25, 0.3) is 6.08 Å². The largest absolute Gasteiger partial charge is 0.463 e. The average Bonchev–Trinajstić information content (AvgIpc) is 2.61. The number of carbonyl (C=O) groups excluding carboxylic acids is 1. The van der Waals surface area contributed by atoms with E-state index in [1.165, 1.54) is 6.08 Å². The van der Waals surface area contributed by atoms with Gasteiger partial charge in [-0.15, -0.1) is 0 Å². The van der Waals surface area contributed by atoms with Crippen LogP contribution in [0.2, 0.25) is 0 Å². The molecule has 1 rings (SSSR count). The third kappa shape index (κ3) is 4.49. The van der Waals surface area contributed by atoms with E-state index >= 15 is 0 Å². The van der Waals surface area contributed by atoms with Gasteiger partial charge in [-0.05, 0) is 53.6 Å². The minimum absolute atomic E-state index is 0.328. The third-order valence-corrected chi connectivity index (χ3v) is 2.16. The number of furan rings is 1. The number of hydrogen-bond donors (Lipinski definition) is 0. The molecule has 0 radical (unpaired) electrons. The Labute approximate surface area is 103 Å². The topological polar surface area (TPSA) is 39.4 Å². The zero-order valence-corrected chi connectivity index (χ0v) is 10.8. The van der Waals surface area contributed by atoms with Gasteiger partial charge in [0.1, 0.15) is 5.76 Å². The SMILES string of the molecule is CCOC(=O)/C=C(C)/C=C\c1ccc(Br)o1. The Morgan fingerprint density at radius 3 is 2.88 bits per heavy atom. The van der Waals surface area contributed by atoms with E-state index in [4.69, 9.17) is 9.15 Å². The van der Waals surface area contributed by atoms with Crippen molar-refractivity contribution in [2.24, 2.45) is 0 Å². The average molecular weight is 285 g/mol. The quantitative estimate of drug-likeness (QED) is 0.482. The van der Waals surface area contributed by atoms with Gasteiger partial charge in [0.2, 0.25) is 0 Å². The van der Waals surface area contributed by atoms with E-state index in [2.05, 4.69) is 15.9 Å². The predicted molar refractivity (Wildman–Crippen MR) is 65.8 cm³/mol. The summed E-state index contributed by atoms with van der Waals surface area (Å²) in [5, 5.41) is 0. The molecule has 0 atom stereocenters. The van der Waals surface area contributed by atoms with Crippen LogP contribution in [-0.2, 0) is 9.53 Å². The van der Waals surface area contributed by atoms with Crippen LogP contribution in [0.15, 0.2) is 38.9 Å². The van der Waals surface area contributed by atoms with Gasteiger partial charge in [0.15, 0.2) is 4.67 Å². The lowest BCUT2D eigenvalue weighted by Crippen LogP contribution is -1.99. The Morgan fingerprint density at radius 1 is 1.56 bits per heavy atom. The third-order valence-electron chi connectivity index (χ3n) is 1.74. The molecule has 86 valence electrons. The lowest BCUT2D eigenvalue weighted by molar-refractivity contribution is -0.137. The number of hydrogen-bond acceptors (Lipinski definition) is 3. The molecule has 0 bridgehead atoms. The number of rotatable bonds is 4. The fourth-order valence-corrected chi connectivity index (χ4v) is 1.37. The maximum absolute atomic E-state index is 11.1. The van der Waals surface area contributed by atoms with Gasteiger partial charge in [0.25, 0.3) is 0 Å². The first-order chi connectivity index (χ1) is 7.61. The Morgan fingerprint density at radius 2 is 2.31 bits per heavy atom. The van der Waals surface area contributed by atoms with Crippen LogP contribution in [0, 0.1) is 0 Å². The van der Waals surface area contributed by atoms with Crippen molar-refractivity contribution in [1.82, 2.24) is 0 Å². The highest BCUT2D eigenvalue weighted by atomic mass is 79.9. The molecule has 0 spiro atoms. The van der Waals surface area contributed by atoms with Crippen LogP contribution in [-0.4, -0.2) is 12.6 Å². The van der Waals surface area contributed by atoms with E-state index in [1.807, 2.05) is 19.1 Å². The lowest BCUT2D eigenvalue weighted by atomic mass is 10.2. The molecule has 1 aromatic heterocycles. The van der Waals surface area contributed by atoms with E-state index in [0.717, 1.165) is 11.3 Å². The molecule has 0 aliphatic rings. The fourth-order valence-electron chi connectivity index (χ4n) is 1.05. The summed E-state index contributed by atoms with van der Waals surface area (Å²) in [6, 6.07) is 3.64. The highest BCUT2D eigenvalue weighted by molar-refractivity contribution is 9.10. The molecule has 1 heterocycles. The highest BCUT2D eigenvalue weighted by Crippen LogP contribution is 2.15. The molecule has 0 aromatic carbocycles. The van der Waals surface area contributed by atoms with Crippen LogP contribution in [0.5, 0.6) is 0 Å². The summed E-state index contributed by atoms with van der Waals surface area (Å²) in [5.41, 5.74) is 0.811. The standard InChI is InChI=1S/C12H13BrO3/c1-3-15-12(14)8-9(2)4-5-10-6-7-11(13)16-10/h4-8H,3H2,1-2H3/b5-4-,9-8+. The number of ether oxygens (including phenoxy) is 1. The molecule has 0 unspecified atom stereocenters. The van der Waals surface area contributed by atoms with Crippen molar-refractivity contribution >= 4 is 28.0 Å². The van der Waals surface area contributed by atoms with Crippen molar-refractivity contribution < 1.29 is 13.9 Å². The minimum Gasteiger partial charge on any atom is -0.463 e. The second kappa shape index (κ2) is 6.33. The number of esters is 1. The van der Waals surface area contributed by atoms with Gasteiger partial charge in [-0.2, -0.15) is 0 Å². The van der Waals surface area contributed by atoms with Crippen molar-refractivity contribution in [1.29, 1.82) is 0 Å². The van der Waals surface area contributed by atoms with Crippen molar-refractivity contribution in [3.05, 3.63) is 40.3 Å². The van der Waals surface area contributed by atoms with Crippen molar-refractivity contribution in [2.75, 3.05) is 6.61 Å². The minimum atomic E-state index is -0.328. The predicted octanol–water partition coefficient (Wildman–Crippen LogP) is 3.56. The summed E-state index contributed by atoms with van der Waals surface area (Å²) in [6.45, 7) is 3.99. The van der Waals surface area contributed by atoms with E-state index in [-0.39, 0.29) is 5.97 Å². The normalized spacial score (nSPS) is 12.1. The Hall–Kier alpha value is -1.29. The summed E-state index contributed by atoms with van der Waals surface area (Å²) in [7, 11) is 0. The Balaban J connectivity index is 2.60. The van der Waals surface area contributed by atoms with Crippen molar-refractivity contribution in [2.45, 2.75) is 13.8 Å². The van der Waals surface area contributed by atoms with E-state index in [1.54, 1.807) is 19.1 Å². The molecule has 0 N–H and O–H groups in total. The van der Waals surface area contributed by atoms with Gasteiger partial charge in [0, 0.05) is 6.08 Å². The second-order valence-electron chi connectivity index (χ2n) is 3.12. The summed E-state index contributed by atoms with van der Waals surface area (Å²) in [4.78, 5) is 11.1. The molecule has 0 aliphatic carbocycles. The van der Waals surface area contributed by atoms with Crippen LogP contribution in [0.3, 0.4) is 0 Å². The zero-order valence-electron chi connectivity index (χ0n) is 9.20. The van der Waals surface area contributed by atoms with Crippen molar-refractivity contribution in [3.63, 3.8) is 0 Å². The van der Waals surface area contributed by atoms with Crippen LogP contribution < -0.4 is 0 Å². The maximum atomic E-state index is 11.1. The first-order valence-corrected chi connectivity index (χ1v) is 5.69. The molecule has 1 aromatic rings. The fraction of sp³-hybridized carbons (Fsp3) is 0.250. The molecule has 16 heavy (non-hydrogen) atoms. The number of allylic oxidation sites excluding steroid dienone is 2. The summed E-state index contributed by atoms with van der Waals surface area (Å²) in [6.07, 6.45) is 5.02. The summed E-state index contributed by atoms with van der Waals surface area (Å²) < 4.78 is 10.7. The van der Waals surface area contributed by atoms with Crippen LogP contribution in [0.1, 0.15) is 19.6 Å². The molecule has 0 saturated heterocycles. The number of carbonyl (C=O) groups is 1. The molecule has 0 aliphatic heterocycles. The zero-order chi connectivity index (χ0) is 12.0. The Kier molecular flexibility index (Phi) is 5.05. The first-order valence-electron chi connectivity index (χ1n) is 4.90. The molecular formula is C12H13BrO3. The van der Waals surface area contributed by atoms with Gasteiger partial charge in [0.05, 0.1) is 6.61 Å². The summed E-state index contributed by atoms with van der Waals surface area (Å²) >= 11 is 3.21. The van der Waals surface area contributed by atoms with Crippen LogP contribution in [0.4, 0.5) is 0 Å². The van der Waals surface area contributed by atoms with Crippen molar-refractivity contribution in [3.8, 4) is 0 Å². The van der Waals surface area contributed by atoms with E-state index < -0.39 is 0 Å². The number of halogens is 1. The maximum Gasteiger partial charge on any atom is 0.330 e. The molecule has 0 amide bonds. The van der Waals surface area contributed by atoms with E-state index in [0.29, 0.717) is 11.3 Å². The first kappa shape index (κ1) is 12.8. The smallest absolute Gasteiger partial charge is 0.330 e.